The highest BCUT2D eigenvalue weighted by atomic mass is 16.6. The first-order chi connectivity index (χ1) is 11.1. The minimum Gasteiger partial charge on any atom is -0.444 e. The van der Waals surface area contributed by atoms with Gasteiger partial charge in [-0.3, -0.25) is 4.79 Å². The summed E-state index contributed by atoms with van der Waals surface area (Å²) >= 11 is 0. The summed E-state index contributed by atoms with van der Waals surface area (Å²) in [6, 6.07) is 7.35. The number of ether oxygens (including phenoxy) is 1. The Bertz CT molecular complexity index is 564. The molecule has 2 amide bonds. The van der Waals surface area contributed by atoms with E-state index in [1.54, 1.807) is 20.8 Å². The van der Waals surface area contributed by atoms with Gasteiger partial charge in [-0.2, -0.15) is 0 Å². The van der Waals surface area contributed by atoms with Crippen LogP contribution in [0.25, 0.3) is 0 Å². The molecule has 0 saturated heterocycles. The third-order valence-electron chi connectivity index (χ3n) is 3.72. The molecule has 0 heterocycles. The summed E-state index contributed by atoms with van der Waals surface area (Å²) in [5.74, 6) is -0.188. The lowest BCUT2D eigenvalue weighted by Gasteiger charge is -2.26. The van der Waals surface area contributed by atoms with Crippen LogP contribution in [0.2, 0.25) is 0 Å². The molecule has 1 aromatic rings. The standard InChI is InChI=1S/C19H30N2O3/c1-7-14(3)16(21-18(23)24-19(4,5)6)17(22)20-12-15-10-8-9-13(2)11-15/h8-11,14,16H,7,12H2,1-6H3,(H,20,22)(H,21,23). The van der Waals surface area contributed by atoms with Gasteiger partial charge in [0.15, 0.2) is 0 Å². The Balaban J connectivity index is 2.69. The lowest BCUT2D eigenvalue weighted by atomic mass is 9.98. The van der Waals surface area contributed by atoms with E-state index in [2.05, 4.69) is 10.6 Å². The average molecular weight is 334 g/mol. The summed E-state index contributed by atoms with van der Waals surface area (Å²) in [6.45, 7) is 11.8. The Kier molecular flexibility index (Phi) is 7.26. The summed E-state index contributed by atoms with van der Waals surface area (Å²) < 4.78 is 5.26. The summed E-state index contributed by atoms with van der Waals surface area (Å²) in [6.07, 6.45) is 0.205. The third kappa shape index (κ3) is 7.02. The fraction of sp³-hybridized carbons (Fsp3) is 0.579. The van der Waals surface area contributed by atoms with Gasteiger partial charge in [0.25, 0.3) is 0 Å². The maximum absolute atomic E-state index is 12.5. The molecule has 2 N–H and O–H groups in total. The SMILES string of the molecule is CCC(C)C(NC(=O)OC(C)(C)C)C(=O)NCc1cccc(C)c1. The number of benzene rings is 1. The summed E-state index contributed by atoms with van der Waals surface area (Å²) in [5, 5.41) is 5.60. The Morgan fingerprint density at radius 2 is 1.92 bits per heavy atom. The molecule has 0 radical (unpaired) electrons. The van der Waals surface area contributed by atoms with Crippen LogP contribution in [0.1, 0.15) is 52.2 Å². The monoisotopic (exact) mass is 334 g/mol. The van der Waals surface area contributed by atoms with Gasteiger partial charge in [0.2, 0.25) is 5.91 Å². The topological polar surface area (TPSA) is 67.4 Å². The predicted octanol–water partition coefficient (Wildman–Crippen LogP) is 3.55. The third-order valence-corrected chi connectivity index (χ3v) is 3.72. The number of carbonyl (C=O) groups is 2. The maximum atomic E-state index is 12.5. The fourth-order valence-electron chi connectivity index (χ4n) is 2.26. The number of alkyl carbamates (subject to hydrolysis) is 1. The van der Waals surface area contributed by atoms with Crippen LogP contribution in [0.15, 0.2) is 24.3 Å². The van der Waals surface area contributed by atoms with Gasteiger partial charge in [-0.1, -0.05) is 50.1 Å². The number of aryl methyl sites for hydroxylation is 1. The van der Waals surface area contributed by atoms with Crippen molar-refractivity contribution in [3.63, 3.8) is 0 Å². The van der Waals surface area contributed by atoms with Crippen LogP contribution in [0.4, 0.5) is 4.79 Å². The van der Waals surface area contributed by atoms with Crippen LogP contribution in [0, 0.1) is 12.8 Å². The molecule has 0 bridgehead atoms. The molecule has 5 nitrogen and oxygen atoms in total. The van der Waals surface area contributed by atoms with E-state index in [0.29, 0.717) is 6.54 Å². The summed E-state index contributed by atoms with van der Waals surface area (Å²) in [5.41, 5.74) is 1.58. The first-order valence-electron chi connectivity index (χ1n) is 8.45. The number of hydrogen-bond donors (Lipinski definition) is 2. The van der Waals surface area contributed by atoms with Gasteiger partial charge in [0.1, 0.15) is 11.6 Å². The van der Waals surface area contributed by atoms with E-state index in [9.17, 15) is 9.59 Å². The van der Waals surface area contributed by atoms with Crippen LogP contribution in [-0.4, -0.2) is 23.6 Å². The van der Waals surface area contributed by atoms with Crippen molar-refractivity contribution in [2.75, 3.05) is 0 Å². The van der Waals surface area contributed by atoms with Gasteiger partial charge in [0.05, 0.1) is 0 Å². The quantitative estimate of drug-likeness (QED) is 0.836. The van der Waals surface area contributed by atoms with E-state index in [1.165, 1.54) is 0 Å². The van der Waals surface area contributed by atoms with E-state index in [-0.39, 0.29) is 11.8 Å². The highest BCUT2D eigenvalue weighted by Crippen LogP contribution is 2.12. The average Bonchev–Trinajstić information content (AvgIpc) is 2.48. The van der Waals surface area contributed by atoms with Crippen molar-refractivity contribution in [2.45, 2.75) is 66.2 Å². The molecular weight excluding hydrogens is 304 g/mol. The zero-order valence-electron chi connectivity index (χ0n) is 15.6. The molecule has 2 unspecified atom stereocenters. The lowest BCUT2D eigenvalue weighted by Crippen LogP contribution is -2.51. The zero-order chi connectivity index (χ0) is 18.3. The molecule has 24 heavy (non-hydrogen) atoms. The molecule has 0 spiro atoms. The Labute approximate surface area is 145 Å². The predicted molar refractivity (Wildman–Crippen MR) is 95.6 cm³/mol. The Morgan fingerprint density at radius 1 is 1.25 bits per heavy atom. The van der Waals surface area contributed by atoms with Crippen molar-refractivity contribution in [1.29, 1.82) is 0 Å². The van der Waals surface area contributed by atoms with Crippen molar-refractivity contribution >= 4 is 12.0 Å². The van der Waals surface area contributed by atoms with E-state index in [1.807, 2.05) is 45.0 Å². The van der Waals surface area contributed by atoms with Gasteiger partial charge in [0, 0.05) is 6.54 Å². The number of nitrogens with one attached hydrogen (secondary N) is 2. The first kappa shape index (κ1) is 20.0. The fourth-order valence-corrected chi connectivity index (χ4v) is 2.26. The van der Waals surface area contributed by atoms with E-state index in [4.69, 9.17) is 4.74 Å². The van der Waals surface area contributed by atoms with Crippen LogP contribution in [0.3, 0.4) is 0 Å². The van der Waals surface area contributed by atoms with E-state index >= 15 is 0 Å². The van der Waals surface area contributed by atoms with Crippen molar-refractivity contribution in [3.8, 4) is 0 Å². The van der Waals surface area contributed by atoms with Crippen LogP contribution in [0.5, 0.6) is 0 Å². The molecule has 0 aliphatic carbocycles. The van der Waals surface area contributed by atoms with Crippen molar-refractivity contribution in [2.24, 2.45) is 5.92 Å². The molecule has 0 saturated carbocycles. The molecule has 0 fully saturated rings. The van der Waals surface area contributed by atoms with Crippen LogP contribution < -0.4 is 10.6 Å². The van der Waals surface area contributed by atoms with E-state index in [0.717, 1.165) is 17.5 Å². The molecule has 1 aromatic carbocycles. The van der Waals surface area contributed by atoms with Crippen molar-refractivity contribution in [3.05, 3.63) is 35.4 Å². The van der Waals surface area contributed by atoms with Crippen LogP contribution >= 0.6 is 0 Å². The van der Waals surface area contributed by atoms with Gasteiger partial charge in [-0.25, -0.2) is 4.79 Å². The summed E-state index contributed by atoms with van der Waals surface area (Å²) in [7, 11) is 0. The first-order valence-corrected chi connectivity index (χ1v) is 8.45. The normalized spacial score (nSPS) is 13.8. The molecule has 2 atom stereocenters. The zero-order valence-corrected chi connectivity index (χ0v) is 15.6. The maximum Gasteiger partial charge on any atom is 0.408 e. The minimum absolute atomic E-state index is 0.00929. The highest BCUT2D eigenvalue weighted by molar-refractivity contribution is 5.85. The molecule has 0 aliphatic rings. The van der Waals surface area contributed by atoms with E-state index < -0.39 is 17.7 Å². The summed E-state index contributed by atoms with van der Waals surface area (Å²) in [4.78, 5) is 24.5. The molecule has 1 rings (SSSR count). The molecule has 5 heteroatoms. The smallest absolute Gasteiger partial charge is 0.408 e. The van der Waals surface area contributed by atoms with Gasteiger partial charge in [-0.05, 0) is 39.2 Å². The van der Waals surface area contributed by atoms with Crippen molar-refractivity contribution < 1.29 is 14.3 Å². The Morgan fingerprint density at radius 3 is 2.46 bits per heavy atom. The number of rotatable bonds is 6. The second kappa shape index (κ2) is 8.71. The van der Waals surface area contributed by atoms with Crippen LogP contribution in [-0.2, 0) is 16.1 Å². The van der Waals surface area contributed by atoms with Gasteiger partial charge < -0.3 is 15.4 Å². The lowest BCUT2D eigenvalue weighted by molar-refractivity contribution is -0.124. The Hall–Kier alpha value is -2.04. The second-order valence-electron chi connectivity index (χ2n) is 7.22. The number of hydrogen-bond acceptors (Lipinski definition) is 3. The molecule has 134 valence electrons. The largest absolute Gasteiger partial charge is 0.444 e. The number of carbonyl (C=O) groups excluding carboxylic acids is 2. The molecule has 0 aliphatic heterocycles. The molecule has 0 aromatic heterocycles. The highest BCUT2D eigenvalue weighted by Gasteiger charge is 2.28. The minimum atomic E-state index is -0.616. The van der Waals surface area contributed by atoms with Crippen molar-refractivity contribution in [1.82, 2.24) is 10.6 Å². The van der Waals surface area contributed by atoms with Gasteiger partial charge in [-0.15, -0.1) is 0 Å². The second-order valence-corrected chi connectivity index (χ2v) is 7.22. The number of amides is 2. The van der Waals surface area contributed by atoms with Gasteiger partial charge >= 0.3 is 6.09 Å². The molecular formula is C19H30N2O3.